The summed E-state index contributed by atoms with van der Waals surface area (Å²) in [6, 6.07) is 5.30. The highest BCUT2D eigenvalue weighted by Gasteiger charge is 2.30. The molecule has 0 bridgehead atoms. The third kappa shape index (κ3) is 2.96. The molecule has 1 aliphatic carbocycles. The Balaban J connectivity index is 2.14. The van der Waals surface area contributed by atoms with Crippen LogP contribution in [0.25, 0.3) is 0 Å². The van der Waals surface area contributed by atoms with E-state index in [1.807, 2.05) is 0 Å². The van der Waals surface area contributed by atoms with E-state index in [2.05, 4.69) is 6.92 Å². The highest BCUT2D eigenvalue weighted by Crippen LogP contribution is 2.42. The number of halogens is 2. The molecule has 0 saturated heterocycles. The standard InChI is InChI=1S/C14H18Cl2O/c1-2-9-3-4-10(7-9)14(17)12-8-11(15)5-6-13(12)16/h5-6,8-10,14,17H,2-4,7H2,1H3. The first-order chi connectivity index (χ1) is 8.11. The van der Waals surface area contributed by atoms with Gasteiger partial charge in [-0.1, -0.05) is 43.0 Å². The molecule has 0 heterocycles. The van der Waals surface area contributed by atoms with Crippen LogP contribution in [0.3, 0.4) is 0 Å². The molecule has 0 aliphatic heterocycles. The predicted molar refractivity (Wildman–Crippen MR) is 72.5 cm³/mol. The van der Waals surface area contributed by atoms with Crippen LogP contribution in [0.1, 0.15) is 44.3 Å². The SMILES string of the molecule is CCC1CCC(C(O)c2cc(Cl)ccc2Cl)C1. The van der Waals surface area contributed by atoms with Crippen LogP contribution >= 0.6 is 23.2 Å². The number of hydrogen-bond acceptors (Lipinski definition) is 1. The summed E-state index contributed by atoms with van der Waals surface area (Å²) < 4.78 is 0. The molecule has 2 rings (SSSR count). The third-order valence-electron chi connectivity index (χ3n) is 3.88. The van der Waals surface area contributed by atoms with Gasteiger partial charge in [0.25, 0.3) is 0 Å². The first-order valence-corrected chi connectivity index (χ1v) is 7.00. The fourth-order valence-electron chi connectivity index (χ4n) is 2.77. The fraction of sp³-hybridized carbons (Fsp3) is 0.571. The smallest absolute Gasteiger partial charge is 0.0833 e. The van der Waals surface area contributed by atoms with Crippen molar-refractivity contribution in [3.63, 3.8) is 0 Å². The zero-order chi connectivity index (χ0) is 12.4. The summed E-state index contributed by atoms with van der Waals surface area (Å²) in [5.41, 5.74) is 0.779. The monoisotopic (exact) mass is 272 g/mol. The second kappa shape index (κ2) is 5.60. The Morgan fingerprint density at radius 3 is 2.76 bits per heavy atom. The molecule has 94 valence electrons. The van der Waals surface area contributed by atoms with Gasteiger partial charge in [0.15, 0.2) is 0 Å². The molecule has 1 nitrogen and oxygen atoms in total. The maximum Gasteiger partial charge on any atom is 0.0833 e. The van der Waals surface area contributed by atoms with Gasteiger partial charge in [0.05, 0.1) is 6.10 Å². The lowest BCUT2D eigenvalue weighted by molar-refractivity contribution is 0.109. The van der Waals surface area contributed by atoms with Crippen LogP contribution in [0.5, 0.6) is 0 Å². The summed E-state index contributed by atoms with van der Waals surface area (Å²) in [6.07, 6.45) is 4.13. The topological polar surface area (TPSA) is 20.2 Å². The van der Waals surface area contributed by atoms with Gasteiger partial charge in [-0.15, -0.1) is 0 Å². The largest absolute Gasteiger partial charge is 0.388 e. The van der Waals surface area contributed by atoms with E-state index in [4.69, 9.17) is 23.2 Å². The minimum absolute atomic E-state index is 0.330. The summed E-state index contributed by atoms with van der Waals surface area (Å²) in [5, 5.41) is 11.6. The number of aliphatic hydroxyl groups is 1. The average molecular weight is 273 g/mol. The van der Waals surface area contributed by atoms with Crippen LogP contribution in [0.15, 0.2) is 18.2 Å². The zero-order valence-electron chi connectivity index (χ0n) is 10.00. The molecule has 1 saturated carbocycles. The third-order valence-corrected chi connectivity index (χ3v) is 4.46. The van der Waals surface area contributed by atoms with Crippen LogP contribution in [0, 0.1) is 11.8 Å². The van der Waals surface area contributed by atoms with Crippen molar-refractivity contribution in [2.45, 2.75) is 38.7 Å². The molecule has 0 amide bonds. The first-order valence-electron chi connectivity index (χ1n) is 6.24. The lowest BCUT2D eigenvalue weighted by Crippen LogP contribution is -2.10. The highest BCUT2D eigenvalue weighted by molar-refractivity contribution is 6.33. The van der Waals surface area contributed by atoms with Gasteiger partial charge in [0, 0.05) is 15.6 Å². The highest BCUT2D eigenvalue weighted by atomic mass is 35.5. The molecule has 0 spiro atoms. The Morgan fingerprint density at radius 1 is 1.35 bits per heavy atom. The van der Waals surface area contributed by atoms with Crippen molar-refractivity contribution in [1.29, 1.82) is 0 Å². The Morgan fingerprint density at radius 2 is 2.12 bits per heavy atom. The second-order valence-corrected chi connectivity index (χ2v) is 5.80. The molecule has 3 unspecified atom stereocenters. The molecule has 3 heteroatoms. The molecular weight excluding hydrogens is 255 g/mol. The summed E-state index contributed by atoms with van der Waals surface area (Å²) in [6.45, 7) is 2.21. The van der Waals surface area contributed by atoms with Crippen molar-refractivity contribution in [2.75, 3.05) is 0 Å². The summed E-state index contributed by atoms with van der Waals surface area (Å²) in [5.74, 6) is 1.09. The Bertz CT molecular complexity index is 392. The van der Waals surface area contributed by atoms with Crippen LogP contribution in [-0.2, 0) is 0 Å². The second-order valence-electron chi connectivity index (χ2n) is 4.96. The first kappa shape index (κ1) is 13.2. The molecular formula is C14H18Cl2O. The summed E-state index contributed by atoms with van der Waals surface area (Å²) in [4.78, 5) is 0. The number of rotatable bonds is 3. The summed E-state index contributed by atoms with van der Waals surface area (Å²) >= 11 is 12.1. The van der Waals surface area contributed by atoms with E-state index in [1.54, 1.807) is 18.2 Å². The molecule has 1 aliphatic rings. The molecule has 0 aromatic heterocycles. The molecule has 1 aromatic carbocycles. The number of aliphatic hydroxyl groups excluding tert-OH is 1. The molecule has 17 heavy (non-hydrogen) atoms. The van der Waals surface area contributed by atoms with E-state index < -0.39 is 6.10 Å². The minimum atomic E-state index is -0.474. The van der Waals surface area contributed by atoms with E-state index in [0.29, 0.717) is 16.0 Å². The van der Waals surface area contributed by atoms with Crippen molar-refractivity contribution < 1.29 is 5.11 Å². The normalized spacial score (nSPS) is 26.1. The predicted octanol–water partition coefficient (Wildman–Crippen LogP) is 4.85. The van der Waals surface area contributed by atoms with Crippen molar-refractivity contribution in [3.8, 4) is 0 Å². The van der Waals surface area contributed by atoms with Crippen LogP contribution in [0.2, 0.25) is 10.0 Å². The van der Waals surface area contributed by atoms with Gasteiger partial charge >= 0.3 is 0 Å². The Labute approximate surface area is 113 Å². The van der Waals surface area contributed by atoms with Crippen molar-refractivity contribution in [3.05, 3.63) is 33.8 Å². The van der Waals surface area contributed by atoms with E-state index in [1.165, 1.54) is 12.8 Å². The fourth-order valence-corrected chi connectivity index (χ4v) is 3.18. The average Bonchev–Trinajstić information content (AvgIpc) is 2.80. The number of benzene rings is 1. The van der Waals surface area contributed by atoms with Crippen molar-refractivity contribution in [2.24, 2.45) is 11.8 Å². The van der Waals surface area contributed by atoms with E-state index in [9.17, 15) is 5.11 Å². The minimum Gasteiger partial charge on any atom is -0.388 e. The van der Waals surface area contributed by atoms with E-state index in [0.717, 1.165) is 24.3 Å². The van der Waals surface area contributed by atoms with Gasteiger partial charge in [-0.2, -0.15) is 0 Å². The van der Waals surface area contributed by atoms with Crippen molar-refractivity contribution >= 4 is 23.2 Å². The Kier molecular flexibility index (Phi) is 4.35. The van der Waals surface area contributed by atoms with E-state index >= 15 is 0 Å². The van der Waals surface area contributed by atoms with Gasteiger partial charge in [-0.05, 0) is 42.9 Å². The lowest BCUT2D eigenvalue weighted by Gasteiger charge is -2.20. The maximum absolute atomic E-state index is 10.4. The van der Waals surface area contributed by atoms with Crippen LogP contribution in [-0.4, -0.2) is 5.11 Å². The van der Waals surface area contributed by atoms with Gasteiger partial charge in [-0.3, -0.25) is 0 Å². The molecule has 3 atom stereocenters. The Hall–Kier alpha value is -0.240. The summed E-state index contributed by atoms with van der Waals surface area (Å²) in [7, 11) is 0. The van der Waals surface area contributed by atoms with Gasteiger partial charge in [0.2, 0.25) is 0 Å². The van der Waals surface area contributed by atoms with E-state index in [-0.39, 0.29) is 0 Å². The van der Waals surface area contributed by atoms with Crippen LogP contribution in [0.4, 0.5) is 0 Å². The quantitative estimate of drug-likeness (QED) is 0.834. The van der Waals surface area contributed by atoms with Crippen LogP contribution < -0.4 is 0 Å². The van der Waals surface area contributed by atoms with Gasteiger partial charge < -0.3 is 5.11 Å². The van der Waals surface area contributed by atoms with Gasteiger partial charge in [-0.25, -0.2) is 0 Å². The lowest BCUT2D eigenvalue weighted by atomic mass is 9.93. The maximum atomic E-state index is 10.4. The molecule has 1 aromatic rings. The van der Waals surface area contributed by atoms with Gasteiger partial charge in [0.1, 0.15) is 0 Å². The number of hydrogen-bond donors (Lipinski definition) is 1. The van der Waals surface area contributed by atoms with Crippen molar-refractivity contribution in [1.82, 2.24) is 0 Å². The molecule has 1 N–H and O–H groups in total. The molecule has 1 fully saturated rings. The zero-order valence-corrected chi connectivity index (χ0v) is 11.5. The molecule has 0 radical (unpaired) electrons.